The van der Waals surface area contributed by atoms with E-state index in [-0.39, 0.29) is 24.0 Å². The molecular weight excluding hydrogens is 365 g/mol. The Labute approximate surface area is 139 Å². The molecule has 2 N–H and O–H groups in total. The SMILES string of the molecule is CN=C(NCCc1ccco1)NC(C)CCC(C)C.I. The zero-order valence-electron chi connectivity index (χ0n) is 13.0. The van der Waals surface area contributed by atoms with E-state index in [9.17, 15) is 0 Å². The standard InChI is InChI=1S/C15H27N3O.HI/c1-12(2)7-8-13(3)18-15(16-4)17-10-9-14-6-5-11-19-14;/h5-6,11-13H,7-10H2,1-4H3,(H2,16,17,18);1H. The molecule has 1 aromatic heterocycles. The molecule has 0 aromatic carbocycles. The number of guanidine groups is 1. The van der Waals surface area contributed by atoms with Crippen LogP contribution in [0, 0.1) is 5.92 Å². The summed E-state index contributed by atoms with van der Waals surface area (Å²) >= 11 is 0. The molecule has 0 spiro atoms. The van der Waals surface area contributed by atoms with E-state index >= 15 is 0 Å². The Hall–Kier alpha value is -0.720. The Kier molecular flexibility index (Phi) is 10.6. The highest BCUT2D eigenvalue weighted by Crippen LogP contribution is 2.06. The predicted molar refractivity (Wildman–Crippen MR) is 95.9 cm³/mol. The highest BCUT2D eigenvalue weighted by molar-refractivity contribution is 14.0. The van der Waals surface area contributed by atoms with Gasteiger partial charge < -0.3 is 15.1 Å². The molecule has 1 aromatic rings. The second kappa shape index (κ2) is 11.0. The molecule has 5 heteroatoms. The molecule has 1 unspecified atom stereocenters. The largest absolute Gasteiger partial charge is 0.469 e. The van der Waals surface area contributed by atoms with Crippen LogP contribution >= 0.6 is 24.0 Å². The Bertz CT molecular complexity index is 363. The lowest BCUT2D eigenvalue weighted by Gasteiger charge is -2.18. The van der Waals surface area contributed by atoms with Crippen molar-refractivity contribution >= 4 is 29.9 Å². The summed E-state index contributed by atoms with van der Waals surface area (Å²) in [7, 11) is 1.80. The lowest BCUT2D eigenvalue weighted by molar-refractivity contribution is 0.486. The lowest BCUT2D eigenvalue weighted by Crippen LogP contribution is -2.42. The van der Waals surface area contributed by atoms with Crippen LogP contribution in [-0.2, 0) is 6.42 Å². The van der Waals surface area contributed by atoms with E-state index < -0.39 is 0 Å². The van der Waals surface area contributed by atoms with Gasteiger partial charge in [-0.3, -0.25) is 4.99 Å². The van der Waals surface area contributed by atoms with Crippen LogP contribution in [0.2, 0.25) is 0 Å². The maximum absolute atomic E-state index is 5.29. The van der Waals surface area contributed by atoms with Crippen molar-refractivity contribution in [1.29, 1.82) is 0 Å². The molecule has 0 bridgehead atoms. The summed E-state index contributed by atoms with van der Waals surface area (Å²) in [5.41, 5.74) is 0. The summed E-state index contributed by atoms with van der Waals surface area (Å²) < 4.78 is 5.29. The average molecular weight is 393 g/mol. The topological polar surface area (TPSA) is 49.6 Å². The molecule has 0 aliphatic carbocycles. The first-order chi connectivity index (χ1) is 9.11. The van der Waals surface area contributed by atoms with Gasteiger partial charge in [-0.1, -0.05) is 13.8 Å². The summed E-state index contributed by atoms with van der Waals surface area (Å²) in [4.78, 5) is 4.24. The summed E-state index contributed by atoms with van der Waals surface area (Å²) in [5.74, 6) is 2.61. The number of hydrogen-bond donors (Lipinski definition) is 2. The van der Waals surface area contributed by atoms with E-state index in [1.807, 2.05) is 12.1 Å². The maximum Gasteiger partial charge on any atom is 0.191 e. The molecule has 0 radical (unpaired) electrons. The van der Waals surface area contributed by atoms with Crippen LogP contribution < -0.4 is 10.6 Å². The van der Waals surface area contributed by atoms with Gasteiger partial charge in [0.1, 0.15) is 5.76 Å². The fraction of sp³-hybridized carbons (Fsp3) is 0.667. The van der Waals surface area contributed by atoms with Gasteiger partial charge in [0.25, 0.3) is 0 Å². The molecule has 1 atom stereocenters. The molecule has 4 nitrogen and oxygen atoms in total. The predicted octanol–water partition coefficient (Wildman–Crippen LogP) is 3.43. The van der Waals surface area contributed by atoms with Gasteiger partial charge in [0, 0.05) is 26.1 Å². The Morgan fingerprint density at radius 1 is 1.30 bits per heavy atom. The number of nitrogens with one attached hydrogen (secondary N) is 2. The third-order valence-corrected chi connectivity index (χ3v) is 3.03. The van der Waals surface area contributed by atoms with E-state index in [0.717, 1.165) is 37.0 Å². The van der Waals surface area contributed by atoms with Crippen molar-refractivity contribution in [2.45, 2.75) is 46.1 Å². The van der Waals surface area contributed by atoms with Crippen LogP contribution in [0.5, 0.6) is 0 Å². The van der Waals surface area contributed by atoms with E-state index in [0.29, 0.717) is 6.04 Å². The van der Waals surface area contributed by atoms with Crippen molar-refractivity contribution in [2.24, 2.45) is 10.9 Å². The minimum absolute atomic E-state index is 0. The number of hydrogen-bond acceptors (Lipinski definition) is 2. The summed E-state index contributed by atoms with van der Waals surface area (Å²) in [6.45, 7) is 7.53. The molecule has 1 rings (SSSR count). The second-order valence-electron chi connectivity index (χ2n) is 5.34. The normalized spacial score (nSPS) is 12.9. The lowest BCUT2D eigenvalue weighted by atomic mass is 10.0. The van der Waals surface area contributed by atoms with Crippen molar-refractivity contribution in [3.05, 3.63) is 24.2 Å². The third-order valence-electron chi connectivity index (χ3n) is 3.03. The van der Waals surface area contributed by atoms with Gasteiger partial charge in [0.2, 0.25) is 0 Å². The zero-order chi connectivity index (χ0) is 14.1. The number of halogens is 1. The first kappa shape index (κ1) is 19.3. The van der Waals surface area contributed by atoms with Gasteiger partial charge in [-0.2, -0.15) is 0 Å². The fourth-order valence-corrected chi connectivity index (χ4v) is 1.84. The van der Waals surface area contributed by atoms with E-state index in [1.165, 1.54) is 6.42 Å². The van der Waals surface area contributed by atoms with Crippen molar-refractivity contribution in [2.75, 3.05) is 13.6 Å². The molecule has 0 aliphatic rings. The first-order valence-electron chi connectivity index (χ1n) is 7.11. The molecule has 0 aliphatic heterocycles. The second-order valence-corrected chi connectivity index (χ2v) is 5.34. The van der Waals surface area contributed by atoms with Gasteiger partial charge in [-0.25, -0.2) is 0 Å². The van der Waals surface area contributed by atoms with Crippen molar-refractivity contribution < 1.29 is 4.42 Å². The van der Waals surface area contributed by atoms with Crippen molar-refractivity contribution in [1.82, 2.24) is 10.6 Å². The quantitative estimate of drug-likeness (QED) is 0.424. The zero-order valence-corrected chi connectivity index (χ0v) is 15.3. The number of aliphatic imine (C=N–C) groups is 1. The van der Waals surface area contributed by atoms with Crippen LogP contribution in [0.25, 0.3) is 0 Å². The summed E-state index contributed by atoms with van der Waals surface area (Å²) in [5, 5.41) is 6.72. The van der Waals surface area contributed by atoms with Gasteiger partial charge in [0.15, 0.2) is 5.96 Å². The maximum atomic E-state index is 5.29. The van der Waals surface area contributed by atoms with Crippen molar-refractivity contribution in [3.63, 3.8) is 0 Å². The average Bonchev–Trinajstić information content (AvgIpc) is 2.88. The van der Waals surface area contributed by atoms with Crippen LogP contribution in [0.15, 0.2) is 27.8 Å². The Morgan fingerprint density at radius 3 is 2.60 bits per heavy atom. The van der Waals surface area contributed by atoms with Crippen LogP contribution in [0.4, 0.5) is 0 Å². The van der Waals surface area contributed by atoms with E-state index in [4.69, 9.17) is 4.42 Å². The van der Waals surface area contributed by atoms with Gasteiger partial charge in [0.05, 0.1) is 6.26 Å². The number of rotatable bonds is 7. The molecule has 0 saturated carbocycles. The van der Waals surface area contributed by atoms with E-state index in [2.05, 4.69) is 36.4 Å². The van der Waals surface area contributed by atoms with Crippen molar-refractivity contribution in [3.8, 4) is 0 Å². The van der Waals surface area contributed by atoms with Crippen LogP contribution in [-0.4, -0.2) is 25.6 Å². The number of furan rings is 1. The minimum Gasteiger partial charge on any atom is -0.469 e. The molecular formula is C15H28IN3O. The monoisotopic (exact) mass is 393 g/mol. The highest BCUT2D eigenvalue weighted by atomic mass is 127. The number of nitrogens with zero attached hydrogens (tertiary/aromatic N) is 1. The summed E-state index contributed by atoms with van der Waals surface area (Å²) in [6.07, 6.45) is 4.97. The summed E-state index contributed by atoms with van der Waals surface area (Å²) in [6, 6.07) is 4.34. The highest BCUT2D eigenvalue weighted by Gasteiger charge is 2.06. The molecule has 0 amide bonds. The minimum atomic E-state index is 0. The van der Waals surface area contributed by atoms with Gasteiger partial charge in [-0.05, 0) is 37.8 Å². The fourth-order valence-electron chi connectivity index (χ4n) is 1.84. The Morgan fingerprint density at radius 2 is 2.05 bits per heavy atom. The molecule has 0 saturated heterocycles. The first-order valence-corrected chi connectivity index (χ1v) is 7.11. The molecule has 116 valence electrons. The smallest absolute Gasteiger partial charge is 0.191 e. The molecule has 1 heterocycles. The van der Waals surface area contributed by atoms with Crippen LogP contribution in [0.3, 0.4) is 0 Å². The third kappa shape index (κ3) is 8.45. The van der Waals surface area contributed by atoms with Crippen LogP contribution in [0.1, 0.15) is 39.4 Å². The molecule has 0 fully saturated rings. The molecule has 20 heavy (non-hydrogen) atoms. The van der Waals surface area contributed by atoms with Gasteiger partial charge in [-0.15, -0.1) is 24.0 Å². The van der Waals surface area contributed by atoms with E-state index in [1.54, 1.807) is 13.3 Å². The Balaban J connectivity index is 0.00000361. The van der Waals surface area contributed by atoms with Gasteiger partial charge >= 0.3 is 0 Å².